The van der Waals surface area contributed by atoms with Crippen LogP contribution in [0.25, 0.3) is 0 Å². The van der Waals surface area contributed by atoms with Gasteiger partial charge in [-0.15, -0.1) is 0 Å². The summed E-state index contributed by atoms with van der Waals surface area (Å²) in [5, 5.41) is 6.23. The molecule has 0 aliphatic rings. The molecule has 0 aliphatic carbocycles. The number of carbonyl (C=O) groups is 1. The average Bonchev–Trinajstić information content (AvgIpc) is 2.91. The van der Waals surface area contributed by atoms with Crippen LogP contribution in [0.15, 0.2) is 35.2 Å². The molecule has 0 radical (unpaired) electrons. The molecule has 2 heterocycles. The Labute approximate surface area is 118 Å². The van der Waals surface area contributed by atoms with Gasteiger partial charge in [0.15, 0.2) is 0 Å². The molecule has 0 unspecified atom stereocenters. The molecule has 21 heavy (non-hydrogen) atoms. The summed E-state index contributed by atoms with van der Waals surface area (Å²) >= 11 is 0. The second-order valence-electron chi connectivity index (χ2n) is 4.30. The Morgan fingerprint density at radius 1 is 1.24 bits per heavy atom. The second-order valence-corrected chi connectivity index (χ2v) is 4.30. The van der Waals surface area contributed by atoms with Crippen LogP contribution in [0.4, 0.5) is 13.2 Å². The first-order valence-electron chi connectivity index (χ1n) is 6.13. The van der Waals surface area contributed by atoms with Gasteiger partial charge in [-0.2, -0.15) is 13.2 Å². The van der Waals surface area contributed by atoms with Gasteiger partial charge >= 0.3 is 6.18 Å². The van der Waals surface area contributed by atoms with E-state index in [-0.39, 0.29) is 18.9 Å². The van der Waals surface area contributed by atoms with Gasteiger partial charge in [0, 0.05) is 30.9 Å². The smallest absolute Gasteiger partial charge is 0.364 e. The molecule has 1 amide bonds. The molecule has 0 atom stereocenters. The number of nitrogens with one attached hydrogen (secondary N) is 1. The lowest BCUT2D eigenvalue weighted by atomic mass is 10.2. The van der Waals surface area contributed by atoms with E-state index in [4.69, 9.17) is 0 Å². The van der Waals surface area contributed by atoms with E-state index in [1.807, 2.05) is 0 Å². The number of aromatic nitrogens is 2. The Kier molecular flexibility index (Phi) is 4.56. The maximum atomic E-state index is 12.3. The maximum Gasteiger partial charge on any atom is 0.417 e. The summed E-state index contributed by atoms with van der Waals surface area (Å²) in [6, 6.07) is 3.85. The highest BCUT2D eigenvalue weighted by Crippen LogP contribution is 2.28. The fraction of sp³-hybridized carbons (Fsp3) is 0.308. The van der Waals surface area contributed by atoms with E-state index in [0.717, 1.165) is 12.3 Å². The van der Waals surface area contributed by atoms with Crippen LogP contribution in [0.5, 0.6) is 0 Å². The molecule has 5 nitrogen and oxygen atoms in total. The van der Waals surface area contributed by atoms with E-state index in [0.29, 0.717) is 17.8 Å². The van der Waals surface area contributed by atoms with E-state index in [1.165, 1.54) is 12.3 Å². The van der Waals surface area contributed by atoms with E-state index in [1.54, 1.807) is 6.07 Å². The fourth-order valence-corrected chi connectivity index (χ4v) is 1.63. The van der Waals surface area contributed by atoms with E-state index >= 15 is 0 Å². The van der Waals surface area contributed by atoms with Crippen molar-refractivity contribution in [1.29, 1.82) is 0 Å². The molecule has 2 aromatic heterocycles. The zero-order valence-electron chi connectivity index (χ0n) is 10.9. The third-order valence-electron chi connectivity index (χ3n) is 2.69. The molecule has 8 heteroatoms. The van der Waals surface area contributed by atoms with Gasteiger partial charge in [-0.25, -0.2) is 0 Å². The van der Waals surface area contributed by atoms with Crippen molar-refractivity contribution in [2.24, 2.45) is 0 Å². The second kappa shape index (κ2) is 6.38. The first kappa shape index (κ1) is 15.0. The van der Waals surface area contributed by atoms with Crippen LogP contribution in [-0.4, -0.2) is 22.6 Å². The SMILES string of the molecule is O=C(Cc1ccon1)NCCc1ccc(C(F)(F)F)cn1. The Hall–Kier alpha value is -2.38. The number of halogens is 3. The lowest BCUT2D eigenvalue weighted by Crippen LogP contribution is -2.27. The summed E-state index contributed by atoms with van der Waals surface area (Å²) in [6.07, 6.45) is -1.79. The lowest BCUT2D eigenvalue weighted by Gasteiger charge is -2.07. The van der Waals surface area contributed by atoms with Gasteiger partial charge in [-0.3, -0.25) is 9.78 Å². The summed E-state index contributed by atoms with van der Waals surface area (Å²) in [5.74, 6) is -0.240. The Morgan fingerprint density at radius 2 is 2.05 bits per heavy atom. The van der Waals surface area contributed by atoms with E-state index in [9.17, 15) is 18.0 Å². The molecule has 1 N–H and O–H groups in total. The summed E-state index contributed by atoms with van der Waals surface area (Å²) < 4.78 is 41.6. The number of pyridine rings is 1. The summed E-state index contributed by atoms with van der Waals surface area (Å²) in [4.78, 5) is 15.2. The highest BCUT2D eigenvalue weighted by molar-refractivity contribution is 5.77. The Balaban J connectivity index is 1.77. The van der Waals surface area contributed by atoms with Crippen molar-refractivity contribution >= 4 is 5.91 Å². The predicted molar refractivity (Wildman–Crippen MR) is 66.2 cm³/mol. The van der Waals surface area contributed by atoms with Gasteiger partial charge in [-0.05, 0) is 12.1 Å². The molecular weight excluding hydrogens is 287 g/mol. The topological polar surface area (TPSA) is 68.0 Å². The van der Waals surface area contributed by atoms with Crippen LogP contribution in [-0.2, 0) is 23.8 Å². The molecule has 112 valence electrons. The highest BCUT2D eigenvalue weighted by atomic mass is 19.4. The number of hydrogen-bond donors (Lipinski definition) is 1. The molecule has 2 rings (SSSR count). The summed E-state index contributed by atoms with van der Waals surface area (Å²) in [6.45, 7) is 0.287. The molecule has 0 aliphatic heterocycles. The summed E-state index contributed by atoms with van der Waals surface area (Å²) in [5.41, 5.74) is 0.200. The number of nitrogens with zero attached hydrogens (tertiary/aromatic N) is 2. The van der Waals surface area contributed by atoms with Gasteiger partial charge in [0.25, 0.3) is 0 Å². The van der Waals surface area contributed by atoms with Crippen molar-refractivity contribution < 1.29 is 22.5 Å². The maximum absolute atomic E-state index is 12.3. The Morgan fingerprint density at radius 3 is 2.62 bits per heavy atom. The molecule has 0 spiro atoms. The number of rotatable bonds is 5. The van der Waals surface area contributed by atoms with Gasteiger partial charge in [0.2, 0.25) is 5.91 Å². The predicted octanol–water partition coefficient (Wildman–Crippen LogP) is 1.99. The monoisotopic (exact) mass is 299 g/mol. The molecule has 0 saturated heterocycles. The van der Waals surface area contributed by atoms with Crippen LogP contribution in [0.2, 0.25) is 0 Å². The number of alkyl halides is 3. The van der Waals surface area contributed by atoms with E-state index < -0.39 is 11.7 Å². The lowest BCUT2D eigenvalue weighted by molar-refractivity contribution is -0.137. The van der Waals surface area contributed by atoms with Crippen LogP contribution < -0.4 is 5.32 Å². The minimum absolute atomic E-state index is 0.0942. The average molecular weight is 299 g/mol. The largest absolute Gasteiger partial charge is 0.417 e. The van der Waals surface area contributed by atoms with Crippen molar-refractivity contribution in [3.63, 3.8) is 0 Å². The molecule has 0 aromatic carbocycles. The van der Waals surface area contributed by atoms with Crippen molar-refractivity contribution in [1.82, 2.24) is 15.5 Å². The van der Waals surface area contributed by atoms with Crippen molar-refractivity contribution in [2.75, 3.05) is 6.54 Å². The van der Waals surface area contributed by atoms with Crippen molar-refractivity contribution in [3.05, 3.63) is 47.6 Å². The third kappa shape index (κ3) is 4.59. The Bertz CT molecular complexity index is 580. The van der Waals surface area contributed by atoms with Gasteiger partial charge in [0.05, 0.1) is 17.7 Å². The minimum atomic E-state index is -4.39. The minimum Gasteiger partial charge on any atom is -0.364 e. The molecule has 0 bridgehead atoms. The van der Waals surface area contributed by atoms with E-state index in [2.05, 4.69) is 20.0 Å². The van der Waals surface area contributed by atoms with Crippen molar-refractivity contribution in [3.8, 4) is 0 Å². The van der Waals surface area contributed by atoms with Gasteiger partial charge in [-0.1, -0.05) is 5.16 Å². The first-order valence-corrected chi connectivity index (χ1v) is 6.13. The zero-order chi connectivity index (χ0) is 15.3. The normalized spacial score (nSPS) is 11.4. The quantitative estimate of drug-likeness (QED) is 0.916. The number of carbonyl (C=O) groups excluding carboxylic acids is 1. The zero-order valence-corrected chi connectivity index (χ0v) is 10.9. The highest BCUT2D eigenvalue weighted by Gasteiger charge is 2.30. The molecule has 0 saturated carbocycles. The third-order valence-corrected chi connectivity index (χ3v) is 2.69. The molecule has 0 fully saturated rings. The standard InChI is InChI=1S/C13H12F3N3O2/c14-13(15,16)9-1-2-10(18-8-9)3-5-17-12(20)7-11-4-6-21-19-11/h1-2,4,6,8H,3,5,7H2,(H,17,20). The summed E-state index contributed by atoms with van der Waals surface area (Å²) in [7, 11) is 0. The van der Waals surface area contributed by atoms with Crippen LogP contribution in [0.1, 0.15) is 17.0 Å². The fourth-order valence-electron chi connectivity index (χ4n) is 1.63. The first-order chi connectivity index (χ1) is 9.95. The van der Waals surface area contributed by atoms with Crippen molar-refractivity contribution in [2.45, 2.75) is 19.0 Å². The number of amides is 1. The number of hydrogen-bond acceptors (Lipinski definition) is 4. The molecule has 2 aromatic rings. The van der Waals surface area contributed by atoms with Crippen LogP contribution in [0.3, 0.4) is 0 Å². The van der Waals surface area contributed by atoms with Crippen LogP contribution >= 0.6 is 0 Å². The molecular formula is C13H12F3N3O2. The van der Waals surface area contributed by atoms with Gasteiger partial charge in [0.1, 0.15) is 6.26 Å². The van der Waals surface area contributed by atoms with Crippen LogP contribution in [0, 0.1) is 0 Å². The van der Waals surface area contributed by atoms with Gasteiger partial charge < -0.3 is 9.84 Å².